The molecule has 1 amide bonds. The van der Waals surface area contributed by atoms with E-state index >= 15 is 0 Å². The van der Waals surface area contributed by atoms with E-state index in [1.54, 1.807) is 0 Å². The summed E-state index contributed by atoms with van der Waals surface area (Å²) in [6.07, 6.45) is 10.9. The fourth-order valence-electron chi connectivity index (χ4n) is 4.17. The molecule has 4 rings (SSSR count). The maximum Gasteiger partial charge on any atom is 0.274 e. The number of hydrogen-bond donors (Lipinski definition) is 0. The van der Waals surface area contributed by atoms with Crippen molar-refractivity contribution in [3.05, 3.63) is 54.0 Å². The number of imidazole rings is 2. The van der Waals surface area contributed by atoms with E-state index in [2.05, 4.69) is 39.7 Å². The molecule has 1 saturated heterocycles. The topological polar surface area (TPSA) is 58.7 Å². The Morgan fingerprint density at radius 2 is 2.14 bits per heavy atom. The van der Waals surface area contributed by atoms with Gasteiger partial charge in [-0.25, -0.2) is 9.97 Å². The highest BCUT2D eigenvalue weighted by atomic mass is 16.2. The second-order valence-electron chi connectivity index (χ2n) is 8.32. The standard InChI is InChI=1S/C22H30N6O/c1-17-7-8-20-24-19(16-28(20)14-17)22(29)27-11-4-6-18(15-27)21-23-9-13-26(21)12-5-10-25(2)3/h7-9,13-14,16,18H,4-6,10-12,15H2,1-3H3/t18-/m1/s1. The van der Waals surface area contributed by atoms with Crippen LogP contribution in [-0.2, 0) is 6.54 Å². The van der Waals surface area contributed by atoms with Crippen LogP contribution >= 0.6 is 0 Å². The van der Waals surface area contributed by atoms with Gasteiger partial charge in [0.25, 0.3) is 5.91 Å². The van der Waals surface area contributed by atoms with Gasteiger partial charge in [0.1, 0.15) is 17.2 Å². The number of aromatic nitrogens is 4. The second-order valence-corrected chi connectivity index (χ2v) is 8.32. The average molecular weight is 395 g/mol. The number of pyridine rings is 1. The number of hydrogen-bond acceptors (Lipinski definition) is 4. The Morgan fingerprint density at radius 3 is 2.97 bits per heavy atom. The summed E-state index contributed by atoms with van der Waals surface area (Å²) in [5.41, 5.74) is 2.47. The molecule has 0 radical (unpaired) electrons. The first-order chi connectivity index (χ1) is 14.0. The van der Waals surface area contributed by atoms with Crippen LogP contribution in [0.15, 0.2) is 36.9 Å². The lowest BCUT2D eigenvalue weighted by Gasteiger charge is -2.32. The predicted molar refractivity (Wildman–Crippen MR) is 113 cm³/mol. The molecule has 0 spiro atoms. The Kier molecular flexibility index (Phi) is 5.67. The lowest BCUT2D eigenvalue weighted by Crippen LogP contribution is -2.40. The van der Waals surface area contributed by atoms with Crippen LogP contribution in [0.4, 0.5) is 0 Å². The minimum atomic E-state index is 0.0155. The number of aryl methyl sites for hydroxylation is 2. The Hall–Kier alpha value is -2.67. The number of piperidine rings is 1. The van der Waals surface area contributed by atoms with Crippen LogP contribution in [0.1, 0.15) is 47.1 Å². The van der Waals surface area contributed by atoms with Gasteiger partial charge in [-0.2, -0.15) is 0 Å². The molecule has 0 unspecified atom stereocenters. The Morgan fingerprint density at radius 1 is 1.28 bits per heavy atom. The smallest absolute Gasteiger partial charge is 0.274 e. The van der Waals surface area contributed by atoms with Gasteiger partial charge in [0.2, 0.25) is 0 Å². The normalized spacial score (nSPS) is 17.4. The largest absolute Gasteiger partial charge is 0.337 e. The average Bonchev–Trinajstić information content (AvgIpc) is 3.33. The molecule has 0 N–H and O–H groups in total. The van der Waals surface area contributed by atoms with E-state index in [9.17, 15) is 4.79 Å². The maximum absolute atomic E-state index is 13.1. The fraction of sp³-hybridized carbons (Fsp3) is 0.500. The summed E-state index contributed by atoms with van der Waals surface area (Å²) in [5.74, 6) is 1.40. The van der Waals surface area contributed by atoms with Crippen LogP contribution in [0.3, 0.4) is 0 Å². The second kappa shape index (κ2) is 8.37. The SMILES string of the molecule is Cc1ccc2nc(C(=O)N3CCC[C@@H](c4nccn4CCCN(C)C)C3)cn2c1. The molecule has 3 aromatic rings. The number of nitrogens with zero attached hydrogens (tertiary/aromatic N) is 6. The van der Waals surface area contributed by atoms with E-state index in [0.717, 1.165) is 55.9 Å². The monoisotopic (exact) mass is 394 g/mol. The minimum Gasteiger partial charge on any atom is -0.337 e. The lowest BCUT2D eigenvalue weighted by atomic mass is 9.96. The van der Waals surface area contributed by atoms with Gasteiger partial charge in [-0.15, -0.1) is 0 Å². The van der Waals surface area contributed by atoms with E-state index in [1.807, 2.05) is 46.9 Å². The molecule has 1 fully saturated rings. The first-order valence-corrected chi connectivity index (χ1v) is 10.4. The van der Waals surface area contributed by atoms with E-state index in [0.29, 0.717) is 12.2 Å². The number of fused-ring (bicyclic) bond motifs is 1. The summed E-state index contributed by atoms with van der Waals surface area (Å²) in [6, 6.07) is 3.97. The number of amides is 1. The van der Waals surface area contributed by atoms with Gasteiger partial charge < -0.3 is 18.8 Å². The van der Waals surface area contributed by atoms with Crippen molar-refractivity contribution in [1.29, 1.82) is 0 Å². The molecule has 7 nitrogen and oxygen atoms in total. The van der Waals surface area contributed by atoms with Crippen molar-refractivity contribution in [1.82, 2.24) is 28.7 Å². The van der Waals surface area contributed by atoms with E-state index in [1.165, 1.54) is 0 Å². The number of carbonyl (C=O) groups is 1. The molecule has 3 aromatic heterocycles. The van der Waals surface area contributed by atoms with Crippen molar-refractivity contribution < 1.29 is 4.79 Å². The van der Waals surface area contributed by atoms with Gasteiger partial charge >= 0.3 is 0 Å². The lowest BCUT2D eigenvalue weighted by molar-refractivity contribution is 0.0698. The zero-order chi connectivity index (χ0) is 20.4. The fourth-order valence-corrected chi connectivity index (χ4v) is 4.17. The van der Waals surface area contributed by atoms with Gasteiger partial charge in [0, 0.05) is 50.3 Å². The molecule has 1 aliphatic rings. The summed E-state index contributed by atoms with van der Waals surface area (Å²) in [7, 11) is 4.19. The molecule has 0 saturated carbocycles. The van der Waals surface area contributed by atoms with Crippen molar-refractivity contribution >= 4 is 11.6 Å². The molecule has 1 aliphatic heterocycles. The van der Waals surface area contributed by atoms with Crippen LogP contribution in [0.5, 0.6) is 0 Å². The zero-order valence-corrected chi connectivity index (χ0v) is 17.6. The molecule has 0 bridgehead atoms. The highest BCUT2D eigenvalue weighted by Gasteiger charge is 2.29. The third kappa shape index (κ3) is 4.34. The molecule has 1 atom stereocenters. The quantitative estimate of drug-likeness (QED) is 0.645. The maximum atomic E-state index is 13.1. The van der Waals surface area contributed by atoms with E-state index in [4.69, 9.17) is 0 Å². The van der Waals surface area contributed by atoms with E-state index in [-0.39, 0.29) is 11.8 Å². The van der Waals surface area contributed by atoms with Crippen LogP contribution in [0, 0.1) is 6.92 Å². The predicted octanol–water partition coefficient (Wildman–Crippen LogP) is 2.81. The van der Waals surface area contributed by atoms with Crippen LogP contribution < -0.4 is 0 Å². The highest BCUT2D eigenvalue weighted by Crippen LogP contribution is 2.27. The molecule has 0 aromatic carbocycles. The van der Waals surface area contributed by atoms with Gasteiger partial charge in [-0.1, -0.05) is 6.07 Å². The van der Waals surface area contributed by atoms with Crippen molar-refractivity contribution in [2.24, 2.45) is 0 Å². The number of rotatable bonds is 6. The molecule has 7 heteroatoms. The van der Waals surface area contributed by atoms with Crippen LogP contribution in [0.2, 0.25) is 0 Å². The third-order valence-corrected chi connectivity index (χ3v) is 5.64. The van der Waals surface area contributed by atoms with Gasteiger partial charge in [0.05, 0.1) is 0 Å². The Balaban J connectivity index is 1.47. The van der Waals surface area contributed by atoms with Crippen molar-refractivity contribution in [2.75, 3.05) is 33.7 Å². The summed E-state index contributed by atoms with van der Waals surface area (Å²) in [5, 5.41) is 0. The summed E-state index contributed by atoms with van der Waals surface area (Å²) < 4.78 is 4.19. The molecular formula is C22H30N6O. The van der Waals surface area contributed by atoms with Crippen molar-refractivity contribution in [3.63, 3.8) is 0 Å². The van der Waals surface area contributed by atoms with Crippen molar-refractivity contribution in [2.45, 2.75) is 38.6 Å². The van der Waals surface area contributed by atoms with Crippen LogP contribution in [-0.4, -0.2) is 68.4 Å². The molecule has 29 heavy (non-hydrogen) atoms. The Labute approximate surface area is 172 Å². The summed E-state index contributed by atoms with van der Waals surface area (Å²) in [6.45, 7) is 5.54. The van der Waals surface area contributed by atoms with Crippen molar-refractivity contribution in [3.8, 4) is 0 Å². The highest BCUT2D eigenvalue weighted by molar-refractivity contribution is 5.93. The molecule has 0 aliphatic carbocycles. The molecular weight excluding hydrogens is 364 g/mol. The number of carbonyl (C=O) groups excluding carboxylic acids is 1. The number of likely N-dealkylation sites (tertiary alicyclic amines) is 1. The first kappa shape index (κ1) is 19.6. The van der Waals surface area contributed by atoms with Gasteiger partial charge in [0.15, 0.2) is 0 Å². The first-order valence-electron chi connectivity index (χ1n) is 10.4. The van der Waals surface area contributed by atoms with Gasteiger partial charge in [-0.05, 0) is 58.5 Å². The van der Waals surface area contributed by atoms with E-state index < -0.39 is 0 Å². The summed E-state index contributed by atoms with van der Waals surface area (Å²) >= 11 is 0. The zero-order valence-electron chi connectivity index (χ0n) is 17.6. The minimum absolute atomic E-state index is 0.0155. The summed E-state index contributed by atoms with van der Waals surface area (Å²) in [4.78, 5) is 26.4. The Bertz CT molecular complexity index is 988. The molecule has 4 heterocycles. The van der Waals surface area contributed by atoms with Crippen LogP contribution in [0.25, 0.3) is 5.65 Å². The molecule has 154 valence electrons. The van der Waals surface area contributed by atoms with Gasteiger partial charge in [-0.3, -0.25) is 4.79 Å². The third-order valence-electron chi connectivity index (χ3n) is 5.64.